The first-order valence-electron chi connectivity index (χ1n) is 12.0. The molecule has 0 spiro atoms. The van der Waals surface area contributed by atoms with Gasteiger partial charge < -0.3 is 41.3 Å². The van der Waals surface area contributed by atoms with Gasteiger partial charge >= 0.3 is 49.4 Å². The maximum Gasteiger partial charge on any atom is 2.00 e. The van der Waals surface area contributed by atoms with E-state index in [-0.39, 0.29) is 86.0 Å². The van der Waals surface area contributed by atoms with Crippen molar-refractivity contribution >= 4 is 23.5 Å². The Kier molecular flexibility index (Phi) is 22.2. The maximum atomic E-state index is 8.56. The van der Waals surface area contributed by atoms with E-state index >= 15 is 0 Å². The number of benzene rings is 1. The van der Waals surface area contributed by atoms with Gasteiger partial charge in [0.15, 0.2) is 0 Å². The molecule has 0 bridgehead atoms. The van der Waals surface area contributed by atoms with Crippen LogP contribution in [0, 0.1) is 49.4 Å². The maximum absolute atomic E-state index is 8.56. The Labute approximate surface area is 256 Å². The second-order valence-corrected chi connectivity index (χ2v) is 9.02. The molecule has 6 N–H and O–H groups in total. The summed E-state index contributed by atoms with van der Waals surface area (Å²) in [4.78, 5) is 0. The van der Waals surface area contributed by atoms with E-state index in [0.717, 1.165) is 21.8 Å². The van der Waals surface area contributed by atoms with Gasteiger partial charge in [0.1, 0.15) is 0 Å². The number of allylic oxidation sites excluding steroid dienone is 2. The van der Waals surface area contributed by atoms with Gasteiger partial charge in [-0.15, -0.1) is 11.4 Å². The minimum absolute atomic E-state index is 0. The molecular formula is C27H44EuN2O6. The fourth-order valence-electron chi connectivity index (χ4n) is 3.16. The van der Waals surface area contributed by atoms with Crippen LogP contribution in [-0.2, 0) is 0 Å². The van der Waals surface area contributed by atoms with Crippen molar-refractivity contribution in [2.75, 3.05) is 0 Å². The zero-order valence-corrected chi connectivity index (χ0v) is 24.6. The predicted octanol–water partition coefficient (Wildman–Crippen LogP) is 2.73. The normalized spacial score (nSPS) is 17.0. The Bertz CT molecular complexity index is 779. The van der Waals surface area contributed by atoms with Crippen LogP contribution in [0.2, 0.25) is 0 Å². The van der Waals surface area contributed by atoms with Crippen LogP contribution in [0.25, 0.3) is 22.8 Å². The van der Waals surface area contributed by atoms with Crippen LogP contribution in [0.1, 0.15) is 60.8 Å². The molecule has 36 heavy (non-hydrogen) atoms. The number of aliphatic hydroxyl groups is 6. The molecule has 0 saturated carbocycles. The summed E-state index contributed by atoms with van der Waals surface area (Å²) < 4.78 is 0. The molecule has 2 aliphatic rings. The minimum Gasteiger partial charge on any atom is -0.665 e. The average molecular weight is 645 g/mol. The number of fused-ring (bicyclic) bond motifs is 3. The van der Waals surface area contributed by atoms with Crippen molar-refractivity contribution in [3.8, 4) is 0 Å². The van der Waals surface area contributed by atoms with Crippen molar-refractivity contribution in [1.29, 1.82) is 0 Å². The first kappa shape index (κ1) is 37.5. The summed E-state index contributed by atoms with van der Waals surface area (Å²) >= 11 is 0. The van der Waals surface area contributed by atoms with Crippen molar-refractivity contribution in [1.82, 2.24) is 0 Å². The monoisotopic (exact) mass is 645 g/mol. The van der Waals surface area contributed by atoms with Gasteiger partial charge in [0, 0.05) is 0 Å². The van der Waals surface area contributed by atoms with Gasteiger partial charge in [0.2, 0.25) is 0 Å². The third kappa shape index (κ3) is 19.5. The molecule has 0 aliphatic carbocycles. The molecule has 0 saturated heterocycles. The third-order valence-corrected chi connectivity index (χ3v) is 4.39. The molecule has 3 rings (SSSR count). The number of nitrogens with zero attached hydrogens (tertiary/aromatic N) is 2. The minimum atomic E-state index is -0.375. The molecule has 6 atom stereocenters. The predicted molar refractivity (Wildman–Crippen MR) is 143 cm³/mol. The smallest absolute Gasteiger partial charge is 0.665 e. The van der Waals surface area contributed by atoms with E-state index in [4.69, 9.17) is 30.6 Å². The second-order valence-electron chi connectivity index (χ2n) is 9.02. The molecule has 0 amide bonds. The Hall–Kier alpha value is -0.616. The molecule has 0 aromatic heterocycles. The van der Waals surface area contributed by atoms with Crippen LogP contribution < -0.4 is 10.4 Å². The quantitative estimate of drug-likeness (QED) is 0.281. The second kappa shape index (κ2) is 21.3. The Balaban J connectivity index is 0. The van der Waals surface area contributed by atoms with Crippen molar-refractivity contribution < 1.29 is 80.0 Å². The molecule has 1 aromatic rings. The summed E-state index contributed by atoms with van der Waals surface area (Å²) in [6.07, 6.45) is 10.8. The van der Waals surface area contributed by atoms with Gasteiger partial charge in [-0.2, -0.15) is 12.4 Å². The Morgan fingerprint density at radius 2 is 0.778 bits per heavy atom. The average Bonchev–Trinajstić information content (AvgIpc) is 2.72. The molecule has 9 heteroatoms. The summed E-state index contributed by atoms with van der Waals surface area (Å²) in [6, 6.07) is 4.15. The van der Waals surface area contributed by atoms with Gasteiger partial charge in [-0.05, 0) is 71.2 Å². The molecule has 1 radical (unpaired) electrons. The van der Waals surface area contributed by atoms with Crippen molar-refractivity contribution in [2.24, 2.45) is 0 Å². The van der Waals surface area contributed by atoms with Crippen LogP contribution in [-0.4, -0.2) is 67.3 Å². The van der Waals surface area contributed by atoms with Crippen LogP contribution in [0.15, 0.2) is 36.7 Å². The standard InChI is InChI=1S/C12H8N2.3C5H12O2.Eu/c1-3-9-5-6-10-4-2-8-14-12(10)11(9)13-7-1;3*1-4(6)3-5(2)7;/h1-8H;3*4-7H,3H2,1-2H3;/q-2;;;;+2. The topological polar surface area (TPSA) is 150 Å². The molecule has 0 fully saturated rings. The Morgan fingerprint density at radius 3 is 0.972 bits per heavy atom. The van der Waals surface area contributed by atoms with Gasteiger partial charge in [0.25, 0.3) is 0 Å². The summed E-state index contributed by atoms with van der Waals surface area (Å²) in [7, 11) is 0. The van der Waals surface area contributed by atoms with Gasteiger partial charge in [-0.3, -0.25) is 0 Å². The Morgan fingerprint density at radius 1 is 0.528 bits per heavy atom. The molecule has 8 nitrogen and oxygen atoms in total. The number of aliphatic hydroxyl groups excluding tert-OH is 6. The summed E-state index contributed by atoms with van der Waals surface area (Å²) in [5, 5.41) is 62.3. The van der Waals surface area contributed by atoms with Crippen molar-refractivity contribution in [2.45, 2.75) is 97.4 Å². The van der Waals surface area contributed by atoms with E-state index in [0.29, 0.717) is 19.3 Å². The zero-order valence-electron chi connectivity index (χ0n) is 22.2. The molecule has 205 valence electrons. The number of hydrogen-bond donors (Lipinski definition) is 6. The fourth-order valence-corrected chi connectivity index (χ4v) is 3.16. The van der Waals surface area contributed by atoms with E-state index in [9.17, 15) is 0 Å². The van der Waals surface area contributed by atoms with E-state index < -0.39 is 0 Å². The van der Waals surface area contributed by atoms with Gasteiger partial charge in [-0.25, -0.2) is 0 Å². The SMILES string of the molecule is C1=C[N-]c2c3c(ccc2=C1)=CC=C[N-]3.CC(O)CC(C)O.CC(O)CC(C)O.CC(O)CC(C)O.[Eu+2]. The number of hydrogen-bond acceptors (Lipinski definition) is 6. The number of rotatable bonds is 6. The molecule has 2 aliphatic heterocycles. The first-order valence-corrected chi connectivity index (χ1v) is 12.0. The third-order valence-electron chi connectivity index (χ3n) is 4.39. The summed E-state index contributed by atoms with van der Waals surface area (Å²) in [5.74, 6) is 0. The van der Waals surface area contributed by atoms with Crippen LogP contribution >= 0.6 is 0 Å². The molecule has 2 heterocycles. The summed E-state index contributed by atoms with van der Waals surface area (Å²) in [5.41, 5.74) is 1.95. The van der Waals surface area contributed by atoms with E-state index in [1.165, 1.54) is 0 Å². The largest absolute Gasteiger partial charge is 2.00 e. The molecule has 1 aromatic carbocycles. The van der Waals surface area contributed by atoms with Gasteiger partial charge in [0.05, 0.1) is 36.6 Å². The zero-order chi connectivity index (χ0) is 27.0. The molecular weight excluding hydrogens is 600 g/mol. The van der Waals surface area contributed by atoms with Crippen LogP contribution in [0.4, 0.5) is 11.4 Å². The van der Waals surface area contributed by atoms with Crippen molar-refractivity contribution in [3.63, 3.8) is 0 Å². The molecule has 6 unspecified atom stereocenters. The van der Waals surface area contributed by atoms with Gasteiger partial charge in [-0.1, -0.05) is 36.4 Å². The van der Waals surface area contributed by atoms with E-state index in [1.54, 1.807) is 53.9 Å². The fraction of sp³-hybridized carbons (Fsp3) is 0.556. The van der Waals surface area contributed by atoms with E-state index in [1.807, 2.05) is 12.2 Å². The first-order chi connectivity index (χ1) is 16.3. The van der Waals surface area contributed by atoms with Crippen LogP contribution in [0.3, 0.4) is 0 Å². The van der Waals surface area contributed by atoms with Crippen LogP contribution in [0.5, 0.6) is 0 Å². The van der Waals surface area contributed by atoms with E-state index in [2.05, 4.69) is 34.9 Å². The van der Waals surface area contributed by atoms with Crippen molar-refractivity contribution in [3.05, 3.63) is 57.8 Å². The summed E-state index contributed by atoms with van der Waals surface area (Å²) in [6.45, 7) is 9.96.